The highest BCUT2D eigenvalue weighted by Gasteiger charge is 2.31. The lowest BCUT2D eigenvalue weighted by Crippen LogP contribution is -2.30. The average Bonchev–Trinajstić information content (AvgIpc) is 2.27. The number of alkyl halides is 3. The molecule has 1 aromatic carbocycles. The maximum Gasteiger partial charge on any atom is 0.416 e. The summed E-state index contributed by atoms with van der Waals surface area (Å²) in [7, 11) is 1.66. The van der Waals surface area contributed by atoms with Gasteiger partial charge in [0.25, 0.3) is 5.91 Å². The van der Waals surface area contributed by atoms with Crippen LogP contribution in [0.1, 0.15) is 15.9 Å². The predicted octanol–water partition coefficient (Wildman–Crippen LogP) is 1.79. The van der Waals surface area contributed by atoms with Crippen molar-refractivity contribution in [3.63, 3.8) is 0 Å². The monoisotopic (exact) mass is 264 g/mol. The largest absolute Gasteiger partial charge is 0.416 e. The van der Waals surface area contributed by atoms with E-state index in [1.54, 1.807) is 7.05 Å². The van der Waals surface area contributed by atoms with E-state index in [9.17, 15) is 22.4 Å². The lowest BCUT2D eigenvalue weighted by atomic mass is 10.1. The minimum absolute atomic E-state index is 0.243. The first-order valence-electron chi connectivity index (χ1n) is 5.15. The number of carbonyl (C=O) groups excluding carboxylic acids is 1. The summed E-state index contributed by atoms with van der Waals surface area (Å²) < 4.78 is 50.2. The number of halogens is 4. The Morgan fingerprint density at radius 1 is 1.22 bits per heavy atom. The van der Waals surface area contributed by atoms with E-state index in [1.807, 2.05) is 0 Å². The molecule has 2 N–H and O–H groups in total. The molecule has 7 heteroatoms. The number of hydrogen-bond donors (Lipinski definition) is 2. The quantitative estimate of drug-likeness (QED) is 0.643. The van der Waals surface area contributed by atoms with Crippen molar-refractivity contribution in [1.82, 2.24) is 10.6 Å². The summed E-state index contributed by atoms with van der Waals surface area (Å²) in [5.74, 6) is -1.83. The topological polar surface area (TPSA) is 41.1 Å². The first-order chi connectivity index (χ1) is 8.34. The van der Waals surface area contributed by atoms with E-state index in [2.05, 4.69) is 10.6 Å². The number of carbonyl (C=O) groups is 1. The fourth-order valence-electron chi connectivity index (χ4n) is 1.29. The highest BCUT2D eigenvalue weighted by Crippen LogP contribution is 2.30. The van der Waals surface area contributed by atoms with Gasteiger partial charge in [-0.3, -0.25) is 4.79 Å². The molecule has 0 atom stereocenters. The maximum absolute atomic E-state index is 13.0. The Labute approximate surface area is 101 Å². The van der Waals surface area contributed by atoms with Crippen molar-refractivity contribution in [2.24, 2.45) is 0 Å². The summed E-state index contributed by atoms with van der Waals surface area (Å²) in [6, 6.07) is 1.74. The van der Waals surface area contributed by atoms with Crippen LogP contribution in [0.2, 0.25) is 0 Å². The van der Waals surface area contributed by atoms with Gasteiger partial charge in [0.15, 0.2) is 0 Å². The third-order valence-electron chi connectivity index (χ3n) is 2.15. The summed E-state index contributed by atoms with van der Waals surface area (Å²) in [4.78, 5) is 11.5. The fraction of sp³-hybridized carbons (Fsp3) is 0.364. The molecule has 1 rings (SSSR count). The zero-order chi connectivity index (χ0) is 13.8. The molecule has 0 saturated carbocycles. The Hall–Kier alpha value is -1.63. The smallest absolute Gasteiger partial charge is 0.351 e. The molecule has 0 aliphatic carbocycles. The van der Waals surface area contributed by atoms with Crippen molar-refractivity contribution >= 4 is 5.91 Å². The van der Waals surface area contributed by atoms with E-state index < -0.39 is 23.5 Å². The van der Waals surface area contributed by atoms with E-state index in [0.29, 0.717) is 18.7 Å². The van der Waals surface area contributed by atoms with Crippen molar-refractivity contribution in [1.29, 1.82) is 0 Å². The van der Waals surface area contributed by atoms with Gasteiger partial charge >= 0.3 is 6.18 Å². The summed E-state index contributed by atoms with van der Waals surface area (Å²) in [5.41, 5.74) is -1.53. The molecular weight excluding hydrogens is 252 g/mol. The lowest BCUT2D eigenvalue weighted by molar-refractivity contribution is -0.137. The van der Waals surface area contributed by atoms with E-state index in [4.69, 9.17) is 0 Å². The van der Waals surface area contributed by atoms with E-state index in [-0.39, 0.29) is 12.1 Å². The molecule has 18 heavy (non-hydrogen) atoms. The molecule has 0 aliphatic rings. The molecule has 0 saturated heterocycles. The summed E-state index contributed by atoms with van der Waals surface area (Å²) in [6.45, 7) is 0.709. The fourth-order valence-corrected chi connectivity index (χ4v) is 1.29. The number of likely N-dealkylation sites (N-methyl/N-ethyl adjacent to an activating group) is 1. The van der Waals surface area contributed by atoms with Crippen LogP contribution in [0, 0.1) is 5.82 Å². The van der Waals surface area contributed by atoms with Crippen molar-refractivity contribution in [2.75, 3.05) is 20.1 Å². The van der Waals surface area contributed by atoms with Gasteiger partial charge in [0, 0.05) is 18.7 Å². The summed E-state index contributed by atoms with van der Waals surface area (Å²) >= 11 is 0. The van der Waals surface area contributed by atoms with Crippen LogP contribution < -0.4 is 10.6 Å². The minimum Gasteiger partial charge on any atom is -0.351 e. The van der Waals surface area contributed by atoms with E-state index >= 15 is 0 Å². The van der Waals surface area contributed by atoms with Gasteiger partial charge in [0.05, 0.1) is 5.56 Å². The minimum atomic E-state index is -4.68. The van der Waals surface area contributed by atoms with Gasteiger partial charge in [-0.2, -0.15) is 13.2 Å². The van der Waals surface area contributed by atoms with Crippen LogP contribution in [0.4, 0.5) is 17.6 Å². The van der Waals surface area contributed by atoms with Crippen LogP contribution in [0.25, 0.3) is 0 Å². The van der Waals surface area contributed by atoms with E-state index in [1.165, 1.54) is 0 Å². The molecule has 0 spiro atoms. The molecule has 1 amide bonds. The second-order valence-electron chi connectivity index (χ2n) is 3.59. The van der Waals surface area contributed by atoms with Gasteiger partial charge in [0.2, 0.25) is 0 Å². The molecule has 1 aromatic rings. The van der Waals surface area contributed by atoms with E-state index in [0.717, 1.165) is 6.07 Å². The number of benzene rings is 1. The van der Waals surface area contributed by atoms with Gasteiger partial charge in [-0.1, -0.05) is 0 Å². The molecule has 0 unspecified atom stereocenters. The SMILES string of the molecule is CNCCNC(=O)c1cc(F)cc(C(F)(F)F)c1. The third kappa shape index (κ3) is 3.99. The Morgan fingerprint density at radius 2 is 1.89 bits per heavy atom. The third-order valence-corrected chi connectivity index (χ3v) is 2.15. The first-order valence-corrected chi connectivity index (χ1v) is 5.15. The number of nitrogens with one attached hydrogen (secondary N) is 2. The standard InChI is InChI=1S/C11H12F4N2O/c1-16-2-3-17-10(18)7-4-8(11(13,14)15)6-9(12)5-7/h4-6,16H,2-3H2,1H3,(H,17,18). The first kappa shape index (κ1) is 14.4. The lowest BCUT2D eigenvalue weighted by Gasteiger charge is -2.09. The van der Waals surface area contributed by atoms with Gasteiger partial charge in [-0.15, -0.1) is 0 Å². The summed E-state index contributed by atoms with van der Waals surface area (Å²) in [6.07, 6.45) is -4.68. The normalized spacial score (nSPS) is 11.4. The molecular formula is C11H12F4N2O. The molecule has 0 radical (unpaired) electrons. The van der Waals surface area contributed by atoms with Crippen LogP contribution >= 0.6 is 0 Å². The van der Waals surface area contributed by atoms with Crippen molar-refractivity contribution < 1.29 is 22.4 Å². The van der Waals surface area contributed by atoms with Gasteiger partial charge in [-0.05, 0) is 25.2 Å². The van der Waals surface area contributed by atoms with Crippen molar-refractivity contribution in [3.8, 4) is 0 Å². The highest BCUT2D eigenvalue weighted by molar-refractivity contribution is 5.94. The number of hydrogen-bond acceptors (Lipinski definition) is 2. The Bertz CT molecular complexity index is 432. The molecule has 0 fully saturated rings. The van der Waals surface area contributed by atoms with Crippen LogP contribution in [0.3, 0.4) is 0 Å². The highest BCUT2D eigenvalue weighted by atomic mass is 19.4. The Morgan fingerprint density at radius 3 is 2.44 bits per heavy atom. The van der Waals surface area contributed by atoms with Gasteiger partial charge in [-0.25, -0.2) is 4.39 Å². The van der Waals surface area contributed by atoms with Crippen LogP contribution in [0.5, 0.6) is 0 Å². The Balaban J connectivity index is 2.89. The predicted molar refractivity (Wildman–Crippen MR) is 57.7 cm³/mol. The van der Waals surface area contributed by atoms with Crippen molar-refractivity contribution in [2.45, 2.75) is 6.18 Å². The van der Waals surface area contributed by atoms with Crippen molar-refractivity contribution in [3.05, 3.63) is 35.1 Å². The zero-order valence-corrected chi connectivity index (χ0v) is 9.57. The van der Waals surface area contributed by atoms with Gasteiger partial charge in [0.1, 0.15) is 5.82 Å². The zero-order valence-electron chi connectivity index (χ0n) is 9.57. The maximum atomic E-state index is 13.0. The second-order valence-corrected chi connectivity index (χ2v) is 3.59. The average molecular weight is 264 g/mol. The molecule has 3 nitrogen and oxygen atoms in total. The summed E-state index contributed by atoms with van der Waals surface area (Å²) in [5, 5.41) is 5.12. The van der Waals surface area contributed by atoms with Crippen LogP contribution in [-0.2, 0) is 6.18 Å². The van der Waals surface area contributed by atoms with Crippen LogP contribution in [0.15, 0.2) is 18.2 Å². The van der Waals surface area contributed by atoms with Gasteiger partial charge < -0.3 is 10.6 Å². The molecule has 0 aliphatic heterocycles. The molecule has 0 heterocycles. The number of rotatable bonds is 4. The van der Waals surface area contributed by atoms with Crippen LogP contribution in [-0.4, -0.2) is 26.0 Å². The second kappa shape index (κ2) is 5.81. The molecule has 100 valence electrons. The Kier molecular flexibility index (Phi) is 4.66. The number of amides is 1. The molecule has 0 bridgehead atoms. The molecule has 0 aromatic heterocycles.